The number of nitrogens with zero attached hydrogens (tertiary/aromatic N) is 2. The van der Waals surface area contributed by atoms with E-state index in [-0.39, 0.29) is 16.0 Å². The molecule has 1 aliphatic heterocycles. The molecule has 7 heteroatoms. The number of likely N-dealkylation sites (N-methyl/N-ethyl adjacent to an activating group) is 1. The molecule has 0 aromatic carbocycles. The van der Waals surface area contributed by atoms with Gasteiger partial charge in [0, 0.05) is 32.6 Å². The Kier molecular flexibility index (Phi) is 4.78. The molecule has 1 saturated heterocycles. The molecule has 0 N–H and O–H groups in total. The van der Waals surface area contributed by atoms with Gasteiger partial charge in [0.2, 0.25) is 10.0 Å². The van der Waals surface area contributed by atoms with Crippen molar-refractivity contribution in [2.45, 2.75) is 30.3 Å². The van der Waals surface area contributed by atoms with E-state index in [4.69, 9.17) is 16.3 Å². The van der Waals surface area contributed by atoms with Crippen molar-refractivity contribution in [3.8, 4) is 0 Å². The van der Waals surface area contributed by atoms with Gasteiger partial charge in [-0.25, -0.2) is 8.42 Å². The largest absolute Gasteiger partial charge is 0.377 e. The van der Waals surface area contributed by atoms with Gasteiger partial charge < -0.3 is 4.74 Å². The predicted octanol–water partition coefficient (Wildman–Crippen LogP) is 1.92. The lowest BCUT2D eigenvalue weighted by molar-refractivity contribution is 0.00858. The molecule has 2 rings (SSSR count). The molecule has 0 amide bonds. The van der Waals surface area contributed by atoms with E-state index in [0.29, 0.717) is 13.2 Å². The van der Waals surface area contributed by atoms with Crippen LogP contribution in [0.2, 0.25) is 5.02 Å². The van der Waals surface area contributed by atoms with Gasteiger partial charge in [0.1, 0.15) is 4.90 Å². The summed E-state index contributed by atoms with van der Waals surface area (Å²) in [7, 11) is -2.07. The van der Waals surface area contributed by atoms with Crippen LogP contribution >= 0.6 is 11.6 Å². The second-order valence-electron chi connectivity index (χ2n) is 4.58. The molecule has 5 nitrogen and oxygen atoms in total. The van der Waals surface area contributed by atoms with Crippen LogP contribution in [0.3, 0.4) is 0 Å². The summed E-state index contributed by atoms with van der Waals surface area (Å²) in [6.45, 7) is 1.04. The number of hydrogen-bond donors (Lipinski definition) is 0. The minimum atomic E-state index is -3.61. The highest BCUT2D eigenvalue weighted by atomic mass is 35.5. The van der Waals surface area contributed by atoms with Crippen LogP contribution in [0.1, 0.15) is 19.3 Å². The van der Waals surface area contributed by atoms with Gasteiger partial charge in [0.15, 0.2) is 0 Å². The smallest absolute Gasteiger partial charge is 0.245 e. The Bertz CT molecular complexity index is 530. The topological polar surface area (TPSA) is 59.5 Å². The van der Waals surface area contributed by atoms with Crippen molar-refractivity contribution in [1.29, 1.82) is 0 Å². The van der Waals surface area contributed by atoms with E-state index in [2.05, 4.69) is 4.98 Å². The number of aromatic nitrogens is 1. The number of rotatable bonds is 4. The zero-order valence-corrected chi connectivity index (χ0v) is 12.3. The molecule has 1 aromatic heterocycles. The highest BCUT2D eigenvalue weighted by Gasteiger charge is 2.27. The molecule has 0 bridgehead atoms. The van der Waals surface area contributed by atoms with Gasteiger partial charge in [-0.2, -0.15) is 4.31 Å². The summed E-state index contributed by atoms with van der Waals surface area (Å²) in [5.41, 5.74) is 0. The van der Waals surface area contributed by atoms with E-state index in [0.717, 1.165) is 19.3 Å². The summed E-state index contributed by atoms with van der Waals surface area (Å²) in [6, 6.07) is 1.47. The van der Waals surface area contributed by atoms with Gasteiger partial charge in [-0.1, -0.05) is 11.6 Å². The highest BCUT2D eigenvalue weighted by molar-refractivity contribution is 7.89. The molecule has 0 aliphatic carbocycles. The van der Waals surface area contributed by atoms with E-state index in [1.54, 1.807) is 0 Å². The number of pyridine rings is 1. The first kappa shape index (κ1) is 14.7. The monoisotopic (exact) mass is 304 g/mol. The zero-order valence-electron chi connectivity index (χ0n) is 10.8. The Morgan fingerprint density at radius 2 is 2.32 bits per heavy atom. The molecule has 0 spiro atoms. The van der Waals surface area contributed by atoms with Crippen LogP contribution in [0, 0.1) is 0 Å². The average Bonchev–Trinajstić information content (AvgIpc) is 2.40. The van der Waals surface area contributed by atoms with Crippen molar-refractivity contribution in [2.24, 2.45) is 0 Å². The van der Waals surface area contributed by atoms with Crippen molar-refractivity contribution in [2.75, 3.05) is 20.2 Å². The van der Waals surface area contributed by atoms with Crippen LogP contribution in [0.5, 0.6) is 0 Å². The van der Waals surface area contributed by atoms with Gasteiger partial charge in [0.05, 0.1) is 11.1 Å². The molecule has 0 radical (unpaired) electrons. The average molecular weight is 305 g/mol. The molecule has 2 heterocycles. The number of halogens is 1. The highest BCUT2D eigenvalue weighted by Crippen LogP contribution is 2.23. The summed E-state index contributed by atoms with van der Waals surface area (Å²) >= 11 is 5.92. The Balaban J connectivity index is 2.13. The van der Waals surface area contributed by atoms with Crippen LogP contribution in [0.4, 0.5) is 0 Å². The lowest BCUT2D eigenvalue weighted by Gasteiger charge is -2.27. The van der Waals surface area contributed by atoms with E-state index >= 15 is 0 Å². The normalized spacial score (nSPS) is 20.7. The first-order chi connectivity index (χ1) is 9.01. The Labute approximate surface area is 118 Å². The quantitative estimate of drug-likeness (QED) is 0.853. The third-order valence-corrected chi connectivity index (χ3v) is 5.45. The maximum Gasteiger partial charge on any atom is 0.245 e. The van der Waals surface area contributed by atoms with Crippen molar-refractivity contribution in [3.05, 3.63) is 23.5 Å². The first-order valence-corrected chi connectivity index (χ1v) is 8.01. The van der Waals surface area contributed by atoms with Gasteiger partial charge in [-0.3, -0.25) is 4.98 Å². The Hall–Kier alpha value is -0.690. The van der Waals surface area contributed by atoms with Gasteiger partial charge in [-0.05, 0) is 25.3 Å². The van der Waals surface area contributed by atoms with Gasteiger partial charge in [0.25, 0.3) is 0 Å². The third-order valence-electron chi connectivity index (χ3n) is 3.16. The number of ether oxygens (including phenoxy) is 1. The second kappa shape index (κ2) is 6.17. The Morgan fingerprint density at radius 3 is 2.95 bits per heavy atom. The standard InChI is InChI=1S/C12H17ClN2O3S/c1-15(9-10-4-2-3-7-18-10)19(16,17)12-8-14-6-5-11(12)13/h5-6,8,10H,2-4,7,9H2,1H3. The van der Waals surface area contributed by atoms with Crippen LogP contribution in [-0.4, -0.2) is 44.0 Å². The lowest BCUT2D eigenvalue weighted by Crippen LogP contribution is -2.37. The van der Waals surface area contributed by atoms with Crippen LogP contribution in [0.25, 0.3) is 0 Å². The fourth-order valence-corrected chi connectivity index (χ4v) is 3.66. The maximum atomic E-state index is 12.4. The van der Waals surface area contributed by atoms with Crippen molar-refractivity contribution >= 4 is 21.6 Å². The molecular formula is C12H17ClN2O3S. The third kappa shape index (κ3) is 3.45. The molecule has 1 atom stereocenters. The fraction of sp³-hybridized carbons (Fsp3) is 0.583. The second-order valence-corrected chi connectivity index (χ2v) is 7.00. The minimum absolute atomic E-state index is 0.0370. The van der Waals surface area contributed by atoms with E-state index < -0.39 is 10.0 Å². The minimum Gasteiger partial charge on any atom is -0.377 e. The molecule has 1 fully saturated rings. The molecule has 0 saturated carbocycles. The van der Waals surface area contributed by atoms with Crippen LogP contribution in [0.15, 0.2) is 23.4 Å². The van der Waals surface area contributed by atoms with Crippen molar-refractivity contribution < 1.29 is 13.2 Å². The summed E-state index contributed by atoms with van der Waals surface area (Å²) < 4.78 is 31.6. The number of hydrogen-bond acceptors (Lipinski definition) is 4. The van der Waals surface area contributed by atoms with Crippen molar-refractivity contribution in [3.63, 3.8) is 0 Å². The fourth-order valence-electron chi connectivity index (χ4n) is 2.06. The zero-order chi connectivity index (χ0) is 13.9. The predicted molar refractivity (Wildman–Crippen MR) is 72.7 cm³/mol. The molecule has 106 valence electrons. The van der Waals surface area contributed by atoms with Gasteiger partial charge >= 0.3 is 0 Å². The SMILES string of the molecule is CN(CC1CCCCO1)S(=O)(=O)c1cnccc1Cl. The Morgan fingerprint density at radius 1 is 1.53 bits per heavy atom. The summed E-state index contributed by atoms with van der Waals surface area (Å²) in [5, 5.41) is 0.186. The van der Waals surface area contributed by atoms with Crippen LogP contribution < -0.4 is 0 Å². The molecule has 1 unspecified atom stereocenters. The maximum absolute atomic E-state index is 12.4. The molecular weight excluding hydrogens is 288 g/mol. The summed E-state index contributed by atoms with van der Waals surface area (Å²) in [5.74, 6) is 0. The van der Waals surface area contributed by atoms with E-state index in [1.165, 1.54) is 29.8 Å². The lowest BCUT2D eigenvalue weighted by atomic mass is 10.1. The van der Waals surface area contributed by atoms with Crippen LogP contribution in [-0.2, 0) is 14.8 Å². The van der Waals surface area contributed by atoms with Gasteiger partial charge in [-0.15, -0.1) is 0 Å². The molecule has 1 aliphatic rings. The number of sulfonamides is 1. The molecule has 1 aromatic rings. The van der Waals surface area contributed by atoms with E-state index in [9.17, 15) is 8.42 Å². The summed E-state index contributed by atoms with van der Waals surface area (Å²) in [6.07, 6.45) is 5.71. The summed E-state index contributed by atoms with van der Waals surface area (Å²) in [4.78, 5) is 3.86. The first-order valence-electron chi connectivity index (χ1n) is 6.19. The van der Waals surface area contributed by atoms with Crippen molar-refractivity contribution in [1.82, 2.24) is 9.29 Å². The van der Waals surface area contributed by atoms with E-state index in [1.807, 2.05) is 0 Å². The molecule has 19 heavy (non-hydrogen) atoms.